The Hall–Kier alpha value is -3.17. The van der Waals surface area contributed by atoms with Crippen molar-refractivity contribution in [1.29, 1.82) is 0 Å². The molecular weight excluding hydrogens is 432 g/mol. The fraction of sp³-hybridized carbons (Fsp3) is 0.364. The van der Waals surface area contributed by atoms with E-state index >= 15 is 0 Å². The maximum absolute atomic E-state index is 13.1. The molecule has 4 rings (SSSR count). The second kappa shape index (κ2) is 9.13. The quantitative estimate of drug-likeness (QED) is 0.533. The molecule has 168 valence electrons. The zero-order valence-electron chi connectivity index (χ0n) is 17.9. The van der Waals surface area contributed by atoms with Crippen molar-refractivity contribution in [3.8, 4) is 0 Å². The zero-order valence-corrected chi connectivity index (χ0v) is 18.6. The molecule has 0 aliphatic heterocycles. The number of hydrogen-bond donors (Lipinski definition) is 3. The number of rotatable bonds is 5. The number of carbonyl (C=O) groups is 2. The van der Waals surface area contributed by atoms with Crippen LogP contribution < -0.4 is 16.4 Å². The number of furan rings is 1. The maximum atomic E-state index is 13.1. The molecule has 0 bridgehead atoms. The SMILES string of the molecule is CN(C)C1CCC(C(=O)Nc2c(C(=O)Nc3ccc(Cl)cn3)oc3ccc(N)nc23)CC1. The van der Waals surface area contributed by atoms with Gasteiger partial charge in [0.1, 0.15) is 22.8 Å². The molecule has 0 saturated heterocycles. The predicted octanol–water partition coefficient (Wildman–Crippen LogP) is 3.77. The van der Waals surface area contributed by atoms with Crippen LogP contribution in [-0.2, 0) is 4.79 Å². The van der Waals surface area contributed by atoms with E-state index in [1.165, 1.54) is 6.20 Å². The molecule has 3 heterocycles. The minimum atomic E-state index is -0.567. The number of nitrogens with two attached hydrogens (primary N) is 1. The van der Waals surface area contributed by atoms with Crippen molar-refractivity contribution in [3.05, 3.63) is 41.2 Å². The van der Waals surface area contributed by atoms with Crippen molar-refractivity contribution < 1.29 is 14.0 Å². The van der Waals surface area contributed by atoms with E-state index in [9.17, 15) is 9.59 Å². The molecule has 0 radical (unpaired) electrons. The number of carbonyl (C=O) groups excluding carboxylic acids is 2. The van der Waals surface area contributed by atoms with Crippen LogP contribution in [-0.4, -0.2) is 46.8 Å². The lowest BCUT2D eigenvalue weighted by Crippen LogP contribution is -2.35. The Morgan fingerprint density at radius 3 is 2.53 bits per heavy atom. The average Bonchev–Trinajstić information content (AvgIpc) is 3.13. The van der Waals surface area contributed by atoms with E-state index in [1.807, 2.05) is 0 Å². The summed E-state index contributed by atoms with van der Waals surface area (Å²) in [4.78, 5) is 36.6. The molecular formula is C22H25ClN6O3. The molecule has 1 saturated carbocycles. The van der Waals surface area contributed by atoms with Crippen molar-refractivity contribution >= 4 is 51.8 Å². The Balaban J connectivity index is 1.59. The molecule has 1 aliphatic carbocycles. The molecule has 0 atom stereocenters. The molecule has 4 N–H and O–H groups in total. The van der Waals surface area contributed by atoms with Crippen molar-refractivity contribution in [3.63, 3.8) is 0 Å². The third kappa shape index (κ3) is 4.68. The molecule has 1 fully saturated rings. The fourth-order valence-electron chi connectivity index (χ4n) is 3.97. The van der Waals surface area contributed by atoms with Crippen LogP contribution in [0.5, 0.6) is 0 Å². The number of pyridine rings is 2. The van der Waals surface area contributed by atoms with E-state index in [1.54, 1.807) is 24.3 Å². The summed E-state index contributed by atoms with van der Waals surface area (Å²) in [6.07, 6.45) is 4.85. The second-order valence-electron chi connectivity index (χ2n) is 8.16. The van der Waals surface area contributed by atoms with E-state index in [0.29, 0.717) is 28.0 Å². The number of halogens is 1. The van der Waals surface area contributed by atoms with E-state index < -0.39 is 5.91 Å². The van der Waals surface area contributed by atoms with E-state index in [-0.39, 0.29) is 29.1 Å². The Kier molecular flexibility index (Phi) is 6.29. The fourth-order valence-corrected chi connectivity index (χ4v) is 4.08. The van der Waals surface area contributed by atoms with Crippen LogP contribution >= 0.6 is 11.6 Å². The lowest BCUT2D eigenvalue weighted by molar-refractivity contribution is -0.121. The number of nitrogen functional groups attached to an aromatic ring is 1. The van der Waals surface area contributed by atoms with Gasteiger partial charge in [-0.15, -0.1) is 0 Å². The van der Waals surface area contributed by atoms with Gasteiger partial charge in [-0.05, 0) is 64.0 Å². The van der Waals surface area contributed by atoms with Gasteiger partial charge < -0.3 is 25.7 Å². The molecule has 0 spiro atoms. The lowest BCUT2D eigenvalue weighted by Gasteiger charge is -2.31. The van der Waals surface area contributed by atoms with Crippen molar-refractivity contribution in [2.24, 2.45) is 5.92 Å². The van der Waals surface area contributed by atoms with Crippen LogP contribution in [0.3, 0.4) is 0 Å². The largest absolute Gasteiger partial charge is 0.447 e. The molecule has 0 aromatic carbocycles. The second-order valence-corrected chi connectivity index (χ2v) is 8.60. The van der Waals surface area contributed by atoms with Gasteiger partial charge in [-0.3, -0.25) is 9.59 Å². The number of aromatic nitrogens is 2. The van der Waals surface area contributed by atoms with Crippen LogP contribution in [0.4, 0.5) is 17.3 Å². The van der Waals surface area contributed by atoms with Gasteiger partial charge in [0.25, 0.3) is 5.91 Å². The number of fused-ring (bicyclic) bond motifs is 1. The zero-order chi connectivity index (χ0) is 22.8. The molecule has 3 aromatic rings. The summed E-state index contributed by atoms with van der Waals surface area (Å²) >= 11 is 5.85. The molecule has 9 nitrogen and oxygen atoms in total. The van der Waals surface area contributed by atoms with Crippen LogP contribution in [0.25, 0.3) is 11.1 Å². The molecule has 1 aliphatic rings. The smallest absolute Gasteiger partial charge is 0.294 e. The third-order valence-electron chi connectivity index (χ3n) is 5.78. The molecule has 3 aromatic heterocycles. The van der Waals surface area contributed by atoms with Crippen molar-refractivity contribution in [1.82, 2.24) is 14.9 Å². The minimum absolute atomic E-state index is 0.0647. The Labute approximate surface area is 190 Å². The minimum Gasteiger partial charge on any atom is -0.447 e. The first kappa shape index (κ1) is 22.0. The summed E-state index contributed by atoms with van der Waals surface area (Å²) in [5.41, 5.74) is 6.72. The highest BCUT2D eigenvalue weighted by Crippen LogP contribution is 2.33. The molecule has 2 amide bonds. The molecule has 0 unspecified atom stereocenters. The maximum Gasteiger partial charge on any atom is 0.294 e. The first-order chi connectivity index (χ1) is 15.3. The van der Waals surface area contributed by atoms with Crippen molar-refractivity contribution in [2.45, 2.75) is 31.7 Å². The Morgan fingerprint density at radius 2 is 1.88 bits per heavy atom. The predicted molar refractivity (Wildman–Crippen MR) is 124 cm³/mol. The highest BCUT2D eigenvalue weighted by molar-refractivity contribution is 6.30. The topological polar surface area (TPSA) is 126 Å². The van der Waals surface area contributed by atoms with Gasteiger partial charge in [0.15, 0.2) is 5.58 Å². The van der Waals surface area contributed by atoms with Gasteiger partial charge in [0.2, 0.25) is 11.7 Å². The summed E-state index contributed by atoms with van der Waals surface area (Å²) in [6.45, 7) is 0. The van der Waals surface area contributed by atoms with Crippen LogP contribution in [0.1, 0.15) is 36.2 Å². The Morgan fingerprint density at radius 1 is 1.12 bits per heavy atom. The van der Waals surface area contributed by atoms with Gasteiger partial charge in [0, 0.05) is 18.2 Å². The Bertz CT molecular complexity index is 1140. The third-order valence-corrected chi connectivity index (χ3v) is 6.00. The van der Waals surface area contributed by atoms with Crippen LogP contribution in [0.2, 0.25) is 5.02 Å². The number of anilines is 3. The standard InChI is InChI=1S/C22H25ClN6O3/c1-29(2)14-6-3-12(4-7-14)21(30)28-19-18-15(8-9-16(24)26-18)32-20(19)22(31)27-17-10-5-13(23)11-25-17/h5,8-12,14H,3-4,6-7H2,1-2H3,(H2,24,26)(H,28,30)(H,25,27,31). The van der Waals surface area contributed by atoms with Gasteiger partial charge in [0.05, 0.1) is 5.02 Å². The lowest BCUT2D eigenvalue weighted by atomic mass is 9.85. The van der Waals surface area contributed by atoms with Crippen LogP contribution in [0, 0.1) is 5.92 Å². The first-order valence-corrected chi connectivity index (χ1v) is 10.8. The summed E-state index contributed by atoms with van der Waals surface area (Å²) in [6, 6.07) is 6.84. The first-order valence-electron chi connectivity index (χ1n) is 10.4. The van der Waals surface area contributed by atoms with Crippen LogP contribution in [0.15, 0.2) is 34.9 Å². The van der Waals surface area contributed by atoms with Crippen molar-refractivity contribution in [2.75, 3.05) is 30.5 Å². The highest BCUT2D eigenvalue weighted by atomic mass is 35.5. The number of amides is 2. The normalized spacial score (nSPS) is 18.6. The summed E-state index contributed by atoms with van der Waals surface area (Å²) < 4.78 is 5.74. The molecule has 32 heavy (non-hydrogen) atoms. The molecule has 10 heteroatoms. The van der Waals surface area contributed by atoms with Gasteiger partial charge in [-0.1, -0.05) is 11.6 Å². The van der Waals surface area contributed by atoms with E-state index in [4.69, 9.17) is 21.8 Å². The number of nitrogens with one attached hydrogen (secondary N) is 2. The number of nitrogens with zero attached hydrogens (tertiary/aromatic N) is 3. The summed E-state index contributed by atoms with van der Waals surface area (Å²) in [5, 5.41) is 5.99. The van der Waals surface area contributed by atoms with Gasteiger partial charge in [-0.2, -0.15) is 0 Å². The average molecular weight is 457 g/mol. The summed E-state index contributed by atoms with van der Waals surface area (Å²) in [7, 11) is 4.11. The van der Waals surface area contributed by atoms with E-state index in [0.717, 1.165) is 25.7 Å². The van der Waals surface area contributed by atoms with E-state index in [2.05, 4.69) is 39.6 Å². The number of hydrogen-bond acceptors (Lipinski definition) is 7. The monoisotopic (exact) mass is 456 g/mol. The highest BCUT2D eigenvalue weighted by Gasteiger charge is 2.30. The summed E-state index contributed by atoms with van der Waals surface area (Å²) in [5.74, 6) is -0.384. The van der Waals surface area contributed by atoms with Gasteiger partial charge >= 0.3 is 0 Å². The van der Waals surface area contributed by atoms with Gasteiger partial charge in [-0.25, -0.2) is 9.97 Å².